The number of benzene rings is 2. The van der Waals surface area contributed by atoms with Crippen LogP contribution in [0.15, 0.2) is 39.5 Å². The zero-order chi connectivity index (χ0) is 34.8. The van der Waals surface area contributed by atoms with E-state index >= 15 is 0 Å². The molecule has 0 bridgehead atoms. The first-order valence-electron chi connectivity index (χ1n) is 17.1. The molecule has 2 heterocycles. The molecular weight excluding hydrogens is 566 g/mol. The third kappa shape index (κ3) is 16.7. The number of hydrogen-bond acceptors (Lipinski definition) is 7. The molecule has 7 nitrogen and oxygen atoms in total. The Labute approximate surface area is 274 Å². The van der Waals surface area contributed by atoms with Gasteiger partial charge in [-0.1, -0.05) is 88.1 Å². The summed E-state index contributed by atoms with van der Waals surface area (Å²) in [4.78, 5) is 21.3. The number of unbranched alkanes of at least 4 members (excludes halogenated alkanes) is 1. The van der Waals surface area contributed by atoms with Gasteiger partial charge in [-0.2, -0.15) is 0 Å². The van der Waals surface area contributed by atoms with E-state index in [1.807, 2.05) is 47.6 Å². The topological polar surface area (TPSA) is 90.9 Å². The molecule has 45 heavy (non-hydrogen) atoms. The van der Waals surface area contributed by atoms with Crippen molar-refractivity contribution < 1.29 is 28.2 Å². The summed E-state index contributed by atoms with van der Waals surface area (Å²) in [5.41, 5.74) is 4.88. The number of rotatable bonds is 11. The average molecular weight is 632 g/mol. The van der Waals surface area contributed by atoms with Gasteiger partial charge in [0.15, 0.2) is 5.75 Å². The summed E-state index contributed by atoms with van der Waals surface area (Å²) in [5, 5.41) is 3.61. The fourth-order valence-electron chi connectivity index (χ4n) is 4.83. The van der Waals surface area contributed by atoms with E-state index in [0.717, 1.165) is 49.3 Å². The summed E-state index contributed by atoms with van der Waals surface area (Å²) in [6.45, 7) is 23.6. The lowest BCUT2D eigenvalue weighted by Crippen LogP contribution is -2.34. The maximum atomic E-state index is 10.9. The molecule has 0 radical (unpaired) electrons. The quantitative estimate of drug-likeness (QED) is 0.128. The first-order valence-corrected chi connectivity index (χ1v) is 17.1. The van der Waals surface area contributed by atoms with Gasteiger partial charge in [0, 0.05) is 18.9 Å². The molecule has 0 fully saturated rings. The molecular formula is C38H65NO6. The number of ketones is 1. The lowest BCUT2D eigenvalue weighted by molar-refractivity contribution is -0.116. The smallest absolute Gasteiger partial charge is 0.267 e. The van der Waals surface area contributed by atoms with Crippen LogP contribution in [0.1, 0.15) is 131 Å². The van der Waals surface area contributed by atoms with Gasteiger partial charge in [0.2, 0.25) is 5.58 Å². The highest BCUT2D eigenvalue weighted by molar-refractivity contribution is 5.83. The number of ether oxygens (including phenoxy) is 2. The number of carbonyl (C=O) groups excluding carboxylic acids is 2. The second-order valence-corrected chi connectivity index (χ2v) is 10.7. The fraction of sp³-hybridized carbons (Fsp3) is 0.632. The van der Waals surface area contributed by atoms with Crippen molar-refractivity contribution in [1.29, 1.82) is 0 Å². The van der Waals surface area contributed by atoms with Crippen molar-refractivity contribution in [2.75, 3.05) is 20.8 Å². The Balaban J connectivity index is 0. The van der Waals surface area contributed by atoms with Crippen LogP contribution in [-0.4, -0.2) is 32.8 Å². The van der Waals surface area contributed by atoms with Gasteiger partial charge in [0.25, 0.3) is 5.58 Å². The van der Waals surface area contributed by atoms with E-state index in [1.165, 1.54) is 24.0 Å². The number of nitrogens with one attached hydrogen (secondary N) is 1. The molecule has 0 amide bonds. The lowest BCUT2D eigenvalue weighted by atomic mass is 9.84. The Bertz CT molecular complexity index is 1150. The van der Waals surface area contributed by atoms with E-state index in [-0.39, 0.29) is 5.78 Å². The molecule has 1 aliphatic rings. The van der Waals surface area contributed by atoms with E-state index < -0.39 is 0 Å². The van der Waals surface area contributed by atoms with E-state index in [9.17, 15) is 9.59 Å². The molecule has 1 aliphatic heterocycles. The molecule has 1 N–H and O–H groups in total. The number of carbonyl (C=O) groups is 2. The van der Waals surface area contributed by atoms with Crippen LogP contribution >= 0.6 is 0 Å². The van der Waals surface area contributed by atoms with E-state index in [0.29, 0.717) is 41.7 Å². The maximum absolute atomic E-state index is 10.9. The van der Waals surface area contributed by atoms with E-state index in [4.69, 9.17) is 18.6 Å². The third-order valence-electron chi connectivity index (χ3n) is 6.83. The van der Waals surface area contributed by atoms with Gasteiger partial charge in [0.05, 0.1) is 14.2 Å². The van der Waals surface area contributed by atoms with E-state index in [1.54, 1.807) is 33.3 Å². The molecule has 4 rings (SSSR count). The monoisotopic (exact) mass is 631 g/mol. The minimum absolute atomic E-state index is 0.104. The van der Waals surface area contributed by atoms with Gasteiger partial charge in [-0.25, -0.2) is 0 Å². The largest absolute Gasteiger partial charge is 0.497 e. The van der Waals surface area contributed by atoms with Gasteiger partial charge in [-0.05, 0) is 85.5 Å². The molecule has 1 aromatic heterocycles. The Hall–Kier alpha value is -3.06. The van der Waals surface area contributed by atoms with Crippen molar-refractivity contribution in [3.05, 3.63) is 47.0 Å². The van der Waals surface area contributed by atoms with Crippen LogP contribution in [0.4, 0.5) is 0 Å². The number of Topliss-reactive ketones (excluding diaryl/α,β-unsaturated/α-hetero) is 1. The van der Waals surface area contributed by atoms with Crippen LogP contribution in [-0.2, 0) is 22.4 Å². The Morgan fingerprint density at radius 1 is 0.978 bits per heavy atom. The number of fused-ring (bicyclic) bond motifs is 2. The van der Waals surface area contributed by atoms with Crippen molar-refractivity contribution in [1.82, 2.24) is 5.32 Å². The first-order chi connectivity index (χ1) is 21.7. The molecule has 0 saturated carbocycles. The highest BCUT2D eigenvalue weighted by Crippen LogP contribution is 2.34. The predicted molar refractivity (Wildman–Crippen MR) is 190 cm³/mol. The SMILES string of the molecule is CC.CC.CC.CCCC(C)C.COc1cc(CC(C)=O)cc2ooc12.COc1ccc2c(c1)C(C(C)CCCC=O)NCC2. The molecule has 258 valence electrons. The van der Waals surface area contributed by atoms with Crippen LogP contribution in [0.3, 0.4) is 0 Å². The van der Waals surface area contributed by atoms with Crippen LogP contribution < -0.4 is 14.8 Å². The molecule has 2 unspecified atom stereocenters. The zero-order valence-corrected chi connectivity index (χ0v) is 30.8. The van der Waals surface area contributed by atoms with Gasteiger partial charge in [-0.3, -0.25) is 13.9 Å². The van der Waals surface area contributed by atoms with Crippen molar-refractivity contribution in [3.63, 3.8) is 0 Å². The fourth-order valence-corrected chi connectivity index (χ4v) is 4.83. The van der Waals surface area contributed by atoms with Crippen LogP contribution in [0.5, 0.6) is 11.5 Å². The summed E-state index contributed by atoms with van der Waals surface area (Å²) in [5.74, 6) is 3.06. The Kier molecular flexibility index (Phi) is 26.7. The summed E-state index contributed by atoms with van der Waals surface area (Å²) >= 11 is 0. The highest BCUT2D eigenvalue weighted by Gasteiger charge is 2.25. The number of aldehydes is 1. The van der Waals surface area contributed by atoms with Gasteiger partial charge in [0.1, 0.15) is 17.8 Å². The minimum atomic E-state index is 0.104. The van der Waals surface area contributed by atoms with Gasteiger partial charge >= 0.3 is 0 Å². The summed E-state index contributed by atoms with van der Waals surface area (Å²) in [6, 6.07) is 10.3. The van der Waals surface area contributed by atoms with Crippen molar-refractivity contribution in [3.8, 4) is 11.5 Å². The van der Waals surface area contributed by atoms with Crippen molar-refractivity contribution in [2.45, 2.75) is 127 Å². The van der Waals surface area contributed by atoms with E-state index in [2.05, 4.69) is 45.1 Å². The molecule has 2 atom stereocenters. The molecule has 0 spiro atoms. The molecule has 2 aromatic carbocycles. The highest BCUT2D eigenvalue weighted by atomic mass is 17.0. The predicted octanol–water partition coefficient (Wildman–Crippen LogP) is 10.6. The minimum Gasteiger partial charge on any atom is -0.497 e. The summed E-state index contributed by atoms with van der Waals surface area (Å²) in [7, 11) is 3.26. The normalized spacial score (nSPS) is 13.3. The number of hydrogen-bond donors (Lipinski definition) is 1. The molecule has 0 aliphatic carbocycles. The van der Waals surface area contributed by atoms with Gasteiger partial charge < -0.3 is 19.6 Å². The average Bonchev–Trinajstić information content (AvgIpc) is 3.04. The zero-order valence-electron chi connectivity index (χ0n) is 30.8. The van der Waals surface area contributed by atoms with Crippen LogP contribution in [0.2, 0.25) is 0 Å². The molecule has 3 aromatic rings. The molecule has 0 saturated heterocycles. The number of methoxy groups -OCH3 is 2. The maximum Gasteiger partial charge on any atom is 0.267 e. The summed E-state index contributed by atoms with van der Waals surface area (Å²) < 4.78 is 19.9. The third-order valence-corrected chi connectivity index (χ3v) is 6.83. The van der Waals surface area contributed by atoms with Gasteiger partial charge in [-0.15, -0.1) is 0 Å². The second-order valence-electron chi connectivity index (χ2n) is 10.7. The Morgan fingerprint density at radius 2 is 1.64 bits per heavy atom. The molecule has 7 heteroatoms. The van der Waals surface area contributed by atoms with Crippen molar-refractivity contribution in [2.24, 2.45) is 11.8 Å². The lowest BCUT2D eigenvalue weighted by Gasteiger charge is -2.32. The summed E-state index contributed by atoms with van der Waals surface area (Å²) in [6.07, 6.45) is 7.90. The Morgan fingerprint density at radius 3 is 2.11 bits per heavy atom. The van der Waals surface area contributed by atoms with Crippen LogP contribution in [0.25, 0.3) is 11.2 Å². The van der Waals surface area contributed by atoms with Crippen LogP contribution in [0, 0.1) is 11.8 Å². The standard InChI is InChI=1S/C16H23NO2.C10H10O4.C6H14.3C2H6/c1-12(5-3-4-10-18)16-15-11-14(19-2)7-6-13(15)8-9-17-16;1-6(11)3-7-4-8(12-2)10-9(5-7)13-14-10;1-4-5-6(2)3;3*1-2/h6-7,10-12,16-17H,3-5,8-9H2,1-2H3;4-5H,3H2,1-2H3;6H,4-5H2,1-3H3;3*1-2H3. The first kappa shape index (κ1) is 44.1. The van der Waals surface area contributed by atoms with Crippen molar-refractivity contribution >= 4 is 23.2 Å². The second kappa shape index (κ2) is 27.3.